The highest BCUT2D eigenvalue weighted by atomic mass is 19.4. The SMILES string of the molecule is O=C(O)C(F)(F)F.O=C(c1cc(Cc2n[nH]c(=O)c3ccccc23)ccc1F)N1CCN(CC(O)CO)CC1. The number of nitrogens with zero attached hydrogens (tertiary/aromatic N) is 3. The summed E-state index contributed by atoms with van der Waals surface area (Å²) >= 11 is 0. The number of alkyl halides is 3. The van der Waals surface area contributed by atoms with Crippen LogP contribution in [0.2, 0.25) is 0 Å². The highest BCUT2D eigenvalue weighted by molar-refractivity contribution is 5.95. The molecule has 1 saturated heterocycles. The van der Waals surface area contributed by atoms with Crippen LogP contribution >= 0.6 is 0 Å². The predicted octanol–water partition coefficient (Wildman–Crippen LogP) is 1.40. The second-order valence-corrected chi connectivity index (χ2v) is 8.77. The van der Waals surface area contributed by atoms with Crippen molar-refractivity contribution in [3.8, 4) is 0 Å². The molecule has 4 rings (SSSR count). The van der Waals surface area contributed by atoms with E-state index in [1.807, 2.05) is 17.0 Å². The van der Waals surface area contributed by atoms with Crippen molar-refractivity contribution in [3.05, 3.63) is 75.5 Å². The lowest BCUT2D eigenvalue weighted by atomic mass is 10.0. The molecule has 4 N–H and O–H groups in total. The van der Waals surface area contributed by atoms with Crippen molar-refractivity contribution < 1.29 is 42.5 Å². The van der Waals surface area contributed by atoms with E-state index in [1.54, 1.807) is 29.2 Å². The van der Waals surface area contributed by atoms with E-state index < -0.39 is 24.1 Å². The summed E-state index contributed by atoms with van der Waals surface area (Å²) in [6, 6.07) is 11.6. The van der Waals surface area contributed by atoms with E-state index in [4.69, 9.17) is 15.0 Å². The van der Waals surface area contributed by atoms with Crippen molar-refractivity contribution in [3.63, 3.8) is 0 Å². The molecule has 0 bridgehead atoms. The quantitative estimate of drug-likeness (QED) is 0.335. The zero-order valence-corrected chi connectivity index (χ0v) is 20.5. The van der Waals surface area contributed by atoms with Crippen LogP contribution in [-0.2, 0) is 11.2 Å². The van der Waals surface area contributed by atoms with Gasteiger partial charge in [-0.25, -0.2) is 14.3 Å². The zero-order valence-electron chi connectivity index (χ0n) is 20.5. The third kappa shape index (κ3) is 7.81. The van der Waals surface area contributed by atoms with Crippen molar-refractivity contribution in [1.82, 2.24) is 20.0 Å². The van der Waals surface area contributed by atoms with Gasteiger partial charge in [0.1, 0.15) is 5.82 Å². The summed E-state index contributed by atoms with van der Waals surface area (Å²) in [5.74, 6) is -3.73. The maximum atomic E-state index is 14.5. The van der Waals surface area contributed by atoms with Crippen LogP contribution in [0.1, 0.15) is 21.6 Å². The Morgan fingerprint density at radius 3 is 2.26 bits per heavy atom. The summed E-state index contributed by atoms with van der Waals surface area (Å²) in [6.45, 7) is 1.92. The van der Waals surface area contributed by atoms with Gasteiger partial charge in [-0.15, -0.1) is 0 Å². The summed E-state index contributed by atoms with van der Waals surface area (Å²) in [5.41, 5.74) is 1.08. The molecular weight excluding hydrogens is 528 g/mol. The number of aliphatic hydroxyl groups excluding tert-OH is 2. The molecule has 1 unspecified atom stereocenters. The highest BCUT2D eigenvalue weighted by Crippen LogP contribution is 2.20. The van der Waals surface area contributed by atoms with Gasteiger partial charge in [0.05, 0.1) is 29.4 Å². The molecule has 0 spiro atoms. The van der Waals surface area contributed by atoms with Crippen molar-refractivity contribution in [2.75, 3.05) is 39.3 Å². The monoisotopic (exact) mass is 554 g/mol. The number of aromatic nitrogens is 2. The van der Waals surface area contributed by atoms with E-state index in [9.17, 15) is 32.3 Å². The van der Waals surface area contributed by atoms with E-state index in [1.165, 1.54) is 6.07 Å². The van der Waals surface area contributed by atoms with E-state index in [0.29, 0.717) is 55.8 Å². The number of hydrogen-bond acceptors (Lipinski definition) is 7. The first kappa shape index (κ1) is 29.7. The molecule has 210 valence electrons. The number of carbonyl (C=O) groups excluding carboxylic acids is 1. The molecule has 1 aliphatic rings. The minimum Gasteiger partial charge on any atom is -0.475 e. The predicted molar refractivity (Wildman–Crippen MR) is 131 cm³/mol. The van der Waals surface area contributed by atoms with Gasteiger partial charge in [0.25, 0.3) is 11.5 Å². The molecule has 0 saturated carbocycles. The van der Waals surface area contributed by atoms with Gasteiger partial charge in [0, 0.05) is 44.5 Å². The summed E-state index contributed by atoms with van der Waals surface area (Å²) in [6.07, 6.45) is -5.56. The van der Waals surface area contributed by atoms with Crippen LogP contribution in [0.4, 0.5) is 17.6 Å². The second kappa shape index (κ2) is 12.8. The van der Waals surface area contributed by atoms with E-state index in [2.05, 4.69) is 10.2 Å². The fraction of sp³-hybridized carbons (Fsp3) is 0.360. The summed E-state index contributed by atoms with van der Waals surface area (Å²) in [4.78, 5) is 37.4. The van der Waals surface area contributed by atoms with Gasteiger partial charge >= 0.3 is 12.1 Å². The molecule has 1 fully saturated rings. The number of β-amino-alcohol motifs (C(OH)–C–C–N with tert-alkyl or cyclic N) is 1. The number of H-pyrrole nitrogens is 1. The number of aliphatic hydroxyl groups is 2. The molecule has 3 aromatic rings. The van der Waals surface area contributed by atoms with E-state index >= 15 is 0 Å². The van der Waals surface area contributed by atoms with Crippen molar-refractivity contribution in [2.24, 2.45) is 0 Å². The number of halogens is 4. The van der Waals surface area contributed by atoms with Gasteiger partial charge in [-0.1, -0.05) is 24.3 Å². The maximum absolute atomic E-state index is 14.5. The summed E-state index contributed by atoms with van der Waals surface area (Å²) in [5, 5.41) is 33.6. The Hall–Kier alpha value is -3.88. The first-order valence-electron chi connectivity index (χ1n) is 11.8. The molecule has 10 nitrogen and oxygen atoms in total. The number of nitrogens with one attached hydrogen (secondary N) is 1. The third-order valence-electron chi connectivity index (χ3n) is 5.99. The van der Waals surface area contributed by atoms with Crippen LogP contribution in [0.15, 0.2) is 47.3 Å². The number of carbonyl (C=O) groups is 2. The molecule has 1 aromatic heterocycles. The van der Waals surface area contributed by atoms with Crippen LogP contribution in [0.5, 0.6) is 0 Å². The topological polar surface area (TPSA) is 147 Å². The Morgan fingerprint density at radius 1 is 1.05 bits per heavy atom. The molecule has 0 aliphatic carbocycles. The number of rotatable bonds is 6. The molecule has 0 radical (unpaired) electrons. The Morgan fingerprint density at radius 2 is 1.67 bits per heavy atom. The molecular formula is C25H26F4N4O6. The summed E-state index contributed by atoms with van der Waals surface area (Å²) < 4.78 is 46.3. The zero-order chi connectivity index (χ0) is 28.7. The number of benzene rings is 2. The number of carboxylic acid groups (broad SMARTS) is 1. The molecule has 2 aromatic carbocycles. The van der Waals surface area contributed by atoms with Crippen LogP contribution in [0.3, 0.4) is 0 Å². The largest absolute Gasteiger partial charge is 0.490 e. The Balaban J connectivity index is 0.000000532. The van der Waals surface area contributed by atoms with E-state index in [0.717, 1.165) is 5.39 Å². The lowest BCUT2D eigenvalue weighted by molar-refractivity contribution is -0.192. The Kier molecular flexibility index (Phi) is 9.72. The first-order valence-corrected chi connectivity index (χ1v) is 11.8. The fourth-order valence-corrected chi connectivity index (χ4v) is 4.01. The van der Waals surface area contributed by atoms with Gasteiger partial charge < -0.3 is 20.2 Å². The smallest absolute Gasteiger partial charge is 0.475 e. The molecule has 14 heteroatoms. The molecule has 1 atom stereocenters. The Labute approximate surface area is 219 Å². The maximum Gasteiger partial charge on any atom is 0.490 e. The number of aromatic amines is 1. The Bertz CT molecular complexity index is 1370. The number of hydrogen-bond donors (Lipinski definition) is 4. The average molecular weight is 554 g/mol. The fourth-order valence-electron chi connectivity index (χ4n) is 4.01. The van der Waals surface area contributed by atoms with Crippen LogP contribution in [0.25, 0.3) is 10.8 Å². The van der Waals surface area contributed by atoms with Crippen molar-refractivity contribution >= 4 is 22.6 Å². The standard InChI is InChI=1S/C23H25FN4O4.C2HF3O2/c24-20-6-5-15(12-21-17-3-1-2-4-18(17)22(31)26-25-21)11-19(20)23(32)28-9-7-27(8-10-28)13-16(30)14-29;3-2(4,5)1(6)7/h1-6,11,16,29-30H,7-10,12-14H2,(H,26,31);(H,6,7). The summed E-state index contributed by atoms with van der Waals surface area (Å²) in [7, 11) is 0. The van der Waals surface area contributed by atoms with Gasteiger partial charge in [0.2, 0.25) is 0 Å². The van der Waals surface area contributed by atoms with Crippen molar-refractivity contribution in [1.29, 1.82) is 0 Å². The van der Waals surface area contributed by atoms with Crippen LogP contribution < -0.4 is 5.56 Å². The van der Waals surface area contributed by atoms with Crippen LogP contribution in [0, 0.1) is 5.82 Å². The lowest BCUT2D eigenvalue weighted by Crippen LogP contribution is -2.50. The molecule has 39 heavy (non-hydrogen) atoms. The number of fused-ring (bicyclic) bond motifs is 1. The van der Waals surface area contributed by atoms with E-state index in [-0.39, 0.29) is 23.6 Å². The highest BCUT2D eigenvalue weighted by Gasteiger charge is 2.38. The van der Waals surface area contributed by atoms with Crippen LogP contribution in [-0.4, -0.2) is 98.8 Å². The minimum absolute atomic E-state index is 0.0000677. The third-order valence-corrected chi connectivity index (χ3v) is 5.99. The van der Waals surface area contributed by atoms with Gasteiger partial charge in [-0.2, -0.15) is 18.3 Å². The molecule has 1 aliphatic heterocycles. The lowest BCUT2D eigenvalue weighted by Gasteiger charge is -2.35. The second-order valence-electron chi connectivity index (χ2n) is 8.77. The normalized spacial score (nSPS) is 15.0. The number of amides is 1. The van der Waals surface area contributed by atoms with Gasteiger partial charge in [-0.3, -0.25) is 14.5 Å². The first-order chi connectivity index (χ1) is 18.4. The van der Waals surface area contributed by atoms with Crippen molar-refractivity contribution in [2.45, 2.75) is 18.7 Å². The van der Waals surface area contributed by atoms with Gasteiger partial charge in [0.15, 0.2) is 0 Å². The molecule has 2 heterocycles. The molecule has 1 amide bonds. The average Bonchev–Trinajstić information content (AvgIpc) is 2.91. The number of carboxylic acids is 1. The number of piperazine rings is 1. The number of aliphatic carboxylic acids is 1. The van der Waals surface area contributed by atoms with Gasteiger partial charge in [-0.05, 0) is 23.8 Å². The minimum atomic E-state index is -5.08.